The summed E-state index contributed by atoms with van der Waals surface area (Å²) < 4.78 is 0. The first-order chi connectivity index (χ1) is 10.1. The number of carbonyl (C=O) groups is 1. The maximum atomic E-state index is 12.2. The standard InChI is InChI=1S/C16H18ClN3O/c1-3-9-18-12-7-8-14(19-10-12)16(21)20-15-11(2)5-4-6-13(15)17/h4-8,10,18H,3,9H2,1-2H3,(H,20,21). The first kappa shape index (κ1) is 15.3. The number of halogens is 1. The molecule has 1 amide bonds. The van der Waals surface area contributed by atoms with E-state index in [1.54, 1.807) is 18.3 Å². The van der Waals surface area contributed by atoms with Crippen LogP contribution in [0.3, 0.4) is 0 Å². The highest BCUT2D eigenvalue weighted by atomic mass is 35.5. The van der Waals surface area contributed by atoms with Gasteiger partial charge in [0.1, 0.15) is 5.69 Å². The maximum Gasteiger partial charge on any atom is 0.274 e. The third-order valence-electron chi connectivity index (χ3n) is 3.04. The summed E-state index contributed by atoms with van der Waals surface area (Å²) >= 11 is 6.10. The van der Waals surface area contributed by atoms with Crippen molar-refractivity contribution in [1.82, 2.24) is 4.98 Å². The topological polar surface area (TPSA) is 54.0 Å². The number of aryl methyl sites for hydroxylation is 1. The number of nitrogens with one attached hydrogen (secondary N) is 2. The number of amides is 1. The fourth-order valence-electron chi connectivity index (χ4n) is 1.87. The Morgan fingerprint density at radius 2 is 2.10 bits per heavy atom. The van der Waals surface area contributed by atoms with E-state index in [-0.39, 0.29) is 5.91 Å². The summed E-state index contributed by atoms with van der Waals surface area (Å²) in [6, 6.07) is 9.03. The summed E-state index contributed by atoms with van der Waals surface area (Å²) in [6.45, 7) is 4.87. The zero-order valence-corrected chi connectivity index (χ0v) is 12.9. The average Bonchev–Trinajstić information content (AvgIpc) is 2.49. The molecule has 0 aliphatic rings. The molecule has 0 atom stereocenters. The molecule has 1 heterocycles. The Bertz CT molecular complexity index is 606. The minimum atomic E-state index is -0.270. The first-order valence-corrected chi connectivity index (χ1v) is 7.26. The van der Waals surface area contributed by atoms with E-state index in [1.807, 2.05) is 25.1 Å². The second kappa shape index (κ2) is 7.09. The van der Waals surface area contributed by atoms with Gasteiger partial charge in [0.15, 0.2) is 0 Å². The van der Waals surface area contributed by atoms with Crippen LogP contribution in [0.25, 0.3) is 0 Å². The van der Waals surface area contributed by atoms with E-state index < -0.39 is 0 Å². The highest BCUT2D eigenvalue weighted by Gasteiger charge is 2.11. The second-order valence-electron chi connectivity index (χ2n) is 4.74. The molecule has 0 aliphatic heterocycles. The van der Waals surface area contributed by atoms with E-state index in [4.69, 9.17) is 11.6 Å². The lowest BCUT2D eigenvalue weighted by Gasteiger charge is -2.10. The number of para-hydroxylation sites is 1. The minimum Gasteiger partial charge on any atom is -0.384 e. The van der Waals surface area contributed by atoms with Gasteiger partial charge >= 0.3 is 0 Å². The highest BCUT2D eigenvalue weighted by Crippen LogP contribution is 2.25. The lowest BCUT2D eigenvalue weighted by atomic mass is 10.2. The number of benzene rings is 1. The van der Waals surface area contributed by atoms with E-state index in [9.17, 15) is 4.79 Å². The van der Waals surface area contributed by atoms with Crippen LogP contribution in [0.5, 0.6) is 0 Å². The molecule has 5 heteroatoms. The van der Waals surface area contributed by atoms with Crippen LogP contribution in [-0.4, -0.2) is 17.4 Å². The molecule has 0 unspecified atom stereocenters. The Labute approximate surface area is 129 Å². The summed E-state index contributed by atoms with van der Waals surface area (Å²) in [6.07, 6.45) is 2.69. The number of hydrogen-bond acceptors (Lipinski definition) is 3. The quantitative estimate of drug-likeness (QED) is 0.873. The Morgan fingerprint density at radius 1 is 1.29 bits per heavy atom. The largest absolute Gasteiger partial charge is 0.384 e. The van der Waals surface area contributed by atoms with Crippen molar-refractivity contribution in [3.05, 3.63) is 52.8 Å². The van der Waals surface area contributed by atoms with Crippen LogP contribution in [0.1, 0.15) is 29.4 Å². The molecule has 2 N–H and O–H groups in total. The van der Waals surface area contributed by atoms with Crippen molar-refractivity contribution < 1.29 is 4.79 Å². The molecule has 1 aromatic carbocycles. The molecule has 110 valence electrons. The molecule has 2 rings (SSSR count). The smallest absolute Gasteiger partial charge is 0.274 e. The zero-order valence-electron chi connectivity index (χ0n) is 12.1. The molecule has 0 fully saturated rings. The Hall–Kier alpha value is -2.07. The number of hydrogen-bond donors (Lipinski definition) is 2. The predicted octanol–water partition coefficient (Wildman–Crippen LogP) is 4.12. The molecule has 0 spiro atoms. The Balaban J connectivity index is 2.10. The number of pyridine rings is 1. The lowest BCUT2D eigenvalue weighted by molar-refractivity contribution is 0.102. The van der Waals surface area contributed by atoms with Gasteiger partial charge in [-0.1, -0.05) is 30.7 Å². The molecule has 1 aromatic heterocycles. The first-order valence-electron chi connectivity index (χ1n) is 6.88. The van der Waals surface area contributed by atoms with Gasteiger partial charge in [-0.2, -0.15) is 0 Å². The number of anilines is 2. The van der Waals surface area contributed by atoms with E-state index >= 15 is 0 Å². The summed E-state index contributed by atoms with van der Waals surface area (Å²) in [5.74, 6) is -0.270. The average molecular weight is 304 g/mol. The Kier molecular flexibility index (Phi) is 5.17. The fraction of sp³-hybridized carbons (Fsp3) is 0.250. The summed E-state index contributed by atoms with van der Waals surface area (Å²) in [5.41, 5.74) is 2.80. The zero-order chi connectivity index (χ0) is 15.2. The van der Waals surface area contributed by atoms with Crippen molar-refractivity contribution >= 4 is 28.9 Å². The summed E-state index contributed by atoms with van der Waals surface area (Å²) in [7, 11) is 0. The van der Waals surface area contributed by atoms with Crippen molar-refractivity contribution in [2.75, 3.05) is 17.2 Å². The molecule has 0 saturated heterocycles. The van der Waals surface area contributed by atoms with Gasteiger partial charge in [-0.25, -0.2) is 4.98 Å². The maximum absolute atomic E-state index is 12.2. The van der Waals surface area contributed by atoms with Crippen molar-refractivity contribution in [2.24, 2.45) is 0 Å². The minimum absolute atomic E-state index is 0.270. The van der Waals surface area contributed by atoms with Gasteiger partial charge in [0.2, 0.25) is 0 Å². The van der Waals surface area contributed by atoms with Gasteiger partial charge < -0.3 is 10.6 Å². The van der Waals surface area contributed by atoms with Crippen LogP contribution >= 0.6 is 11.6 Å². The summed E-state index contributed by atoms with van der Waals surface area (Å²) in [5, 5.41) is 6.53. The summed E-state index contributed by atoms with van der Waals surface area (Å²) in [4.78, 5) is 16.4. The van der Waals surface area contributed by atoms with E-state index in [1.165, 1.54) is 0 Å². The van der Waals surface area contributed by atoms with Gasteiger partial charge in [0.05, 0.1) is 22.6 Å². The van der Waals surface area contributed by atoms with Crippen molar-refractivity contribution in [1.29, 1.82) is 0 Å². The highest BCUT2D eigenvalue weighted by molar-refractivity contribution is 6.34. The van der Waals surface area contributed by atoms with E-state index in [0.29, 0.717) is 16.4 Å². The Morgan fingerprint density at radius 3 is 2.71 bits per heavy atom. The molecule has 2 aromatic rings. The van der Waals surface area contributed by atoms with Crippen molar-refractivity contribution in [2.45, 2.75) is 20.3 Å². The van der Waals surface area contributed by atoms with Crippen LogP contribution in [0.2, 0.25) is 5.02 Å². The number of rotatable bonds is 5. The van der Waals surface area contributed by atoms with Crippen molar-refractivity contribution in [3.8, 4) is 0 Å². The van der Waals surface area contributed by atoms with Gasteiger partial charge in [0.25, 0.3) is 5.91 Å². The third-order valence-corrected chi connectivity index (χ3v) is 3.35. The van der Waals surface area contributed by atoms with E-state index in [0.717, 1.165) is 24.2 Å². The normalized spacial score (nSPS) is 10.2. The van der Waals surface area contributed by atoms with E-state index in [2.05, 4.69) is 22.5 Å². The van der Waals surface area contributed by atoms with Crippen molar-refractivity contribution in [3.63, 3.8) is 0 Å². The lowest BCUT2D eigenvalue weighted by Crippen LogP contribution is -2.15. The number of carbonyl (C=O) groups excluding carboxylic acids is 1. The van der Waals surface area contributed by atoms with Gasteiger partial charge in [-0.3, -0.25) is 4.79 Å². The second-order valence-corrected chi connectivity index (χ2v) is 5.15. The van der Waals surface area contributed by atoms with Crippen LogP contribution in [0.15, 0.2) is 36.5 Å². The van der Waals surface area contributed by atoms with Gasteiger partial charge in [-0.15, -0.1) is 0 Å². The molecule has 0 saturated carbocycles. The SMILES string of the molecule is CCCNc1ccc(C(=O)Nc2c(C)cccc2Cl)nc1. The van der Waals surface area contributed by atoms with Crippen LogP contribution < -0.4 is 10.6 Å². The predicted molar refractivity (Wildman–Crippen MR) is 87.2 cm³/mol. The van der Waals surface area contributed by atoms with Gasteiger partial charge in [-0.05, 0) is 37.1 Å². The van der Waals surface area contributed by atoms with Gasteiger partial charge in [0, 0.05) is 6.54 Å². The van der Waals surface area contributed by atoms with Crippen LogP contribution in [0.4, 0.5) is 11.4 Å². The molecule has 4 nitrogen and oxygen atoms in total. The molecular formula is C16H18ClN3O. The molecule has 0 radical (unpaired) electrons. The molecule has 0 bridgehead atoms. The molecule has 0 aliphatic carbocycles. The molecular weight excluding hydrogens is 286 g/mol. The monoisotopic (exact) mass is 303 g/mol. The number of nitrogens with zero attached hydrogens (tertiary/aromatic N) is 1. The fourth-order valence-corrected chi connectivity index (χ4v) is 2.14. The van der Waals surface area contributed by atoms with Crippen LogP contribution in [0, 0.1) is 6.92 Å². The molecule has 21 heavy (non-hydrogen) atoms. The number of aromatic nitrogens is 1. The van der Waals surface area contributed by atoms with Crippen LogP contribution in [-0.2, 0) is 0 Å². The third kappa shape index (κ3) is 3.95.